The summed E-state index contributed by atoms with van der Waals surface area (Å²) in [4.78, 5) is 30.2. The summed E-state index contributed by atoms with van der Waals surface area (Å²) in [6, 6.07) is 15.1. The van der Waals surface area contributed by atoms with Gasteiger partial charge in [0.2, 0.25) is 5.91 Å². The van der Waals surface area contributed by atoms with Crippen molar-refractivity contribution in [3.8, 4) is 0 Å². The number of carbonyl (C=O) groups excluding carboxylic acids is 1. The van der Waals surface area contributed by atoms with Crippen LogP contribution in [0.3, 0.4) is 0 Å². The van der Waals surface area contributed by atoms with Crippen LogP contribution in [0.2, 0.25) is 0 Å². The van der Waals surface area contributed by atoms with Crippen molar-refractivity contribution < 1.29 is 9.53 Å². The first-order valence-electron chi connectivity index (χ1n) is 10.3. The molecule has 1 fully saturated rings. The van der Waals surface area contributed by atoms with Crippen LogP contribution >= 0.6 is 11.8 Å². The summed E-state index contributed by atoms with van der Waals surface area (Å²) < 4.78 is 7.39. The number of para-hydroxylation sites is 1. The molecule has 0 radical (unpaired) electrons. The monoisotopic (exact) mass is 423 g/mol. The molecule has 0 aliphatic carbocycles. The Balaban J connectivity index is 1.52. The highest BCUT2D eigenvalue weighted by molar-refractivity contribution is 7.99. The number of carbonyl (C=O) groups is 1. The van der Waals surface area contributed by atoms with Crippen LogP contribution in [0, 0.1) is 0 Å². The Kier molecular flexibility index (Phi) is 6.50. The van der Waals surface area contributed by atoms with E-state index < -0.39 is 0 Å². The molecule has 1 aliphatic heterocycles. The molecular formula is C23H25N3O3S. The number of benzene rings is 2. The molecule has 0 bridgehead atoms. The summed E-state index contributed by atoms with van der Waals surface area (Å²) in [5, 5.41) is 4.04. The maximum atomic E-state index is 13.1. The van der Waals surface area contributed by atoms with Gasteiger partial charge in [0.1, 0.15) is 0 Å². The van der Waals surface area contributed by atoms with E-state index in [1.807, 2.05) is 42.5 Å². The Labute approximate surface area is 179 Å². The first-order chi connectivity index (χ1) is 14.6. The third kappa shape index (κ3) is 4.74. The van der Waals surface area contributed by atoms with Crippen molar-refractivity contribution in [2.24, 2.45) is 0 Å². The number of nitrogens with zero attached hydrogens (tertiary/aromatic N) is 2. The minimum absolute atomic E-state index is 0.0101. The van der Waals surface area contributed by atoms with E-state index >= 15 is 0 Å². The molecule has 2 aromatic carbocycles. The molecule has 1 N–H and O–H groups in total. The predicted molar refractivity (Wildman–Crippen MR) is 120 cm³/mol. The van der Waals surface area contributed by atoms with E-state index in [-0.39, 0.29) is 23.3 Å². The molecule has 3 aromatic rings. The van der Waals surface area contributed by atoms with Crippen molar-refractivity contribution in [2.75, 3.05) is 17.7 Å². The average Bonchev–Trinajstić information content (AvgIpc) is 3.28. The third-order valence-electron chi connectivity index (χ3n) is 5.22. The summed E-state index contributed by atoms with van der Waals surface area (Å²) in [6.45, 7) is 3.28. The topological polar surface area (TPSA) is 73.2 Å². The second-order valence-corrected chi connectivity index (χ2v) is 8.29. The summed E-state index contributed by atoms with van der Waals surface area (Å²) >= 11 is 1.28. The molecule has 2 heterocycles. The quantitative estimate of drug-likeness (QED) is 0.461. The summed E-state index contributed by atoms with van der Waals surface area (Å²) in [5.41, 5.74) is 2.54. The minimum Gasteiger partial charge on any atom is -0.376 e. The number of amides is 1. The lowest BCUT2D eigenvalue weighted by Crippen LogP contribution is -2.29. The van der Waals surface area contributed by atoms with Gasteiger partial charge in [0.15, 0.2) is 5.16 Å². The molecule has 30 heavy (non-hydrogen) atoms. The summed E-state index contributed by atoms with van der Waals surface area (Å²) in [7, 11) is 0. The highest BCUT2D eigenvalue weighted by atomic mass is 32.2. The first-order valence-corrected chi connectivity index (χ1v) is 11.3. The Bertz CT molecular complexity index is 1090. The summed E-state index contributed by atoms with van der Waals surface area (Å²) in [6.07, 6.45) is 2.90. The van der Waals surface area contributed by atoms with Crippen LogP contribution in [0.1, 0.15) is 25.3 Å². The van der Waals surface area contributed by atoms with E-state index in [2.05, 4.69) is 17.2 Å². The highest BCUT2D eigenvalue weighted by Gasteiger charge is 2.20. The number of hydrogen-bond donors (Lipinski definition) is 1. The lowest BCUT2D eigenvalue weighted by atomic mass is 10.1. The van der Waals surface area contributed by atoms with Crippen molar-refractivity contribution in [2.45, 2.75) is 44.0 Å². The molecule has 0 saturated carbocycles. The average molecular weight is 424 g/mol. The lowest BCUT2D eigenvalue weighted by Gasteiger charge is -2.16. The molecule has 7 heteroatoms. The molecule has 156 valence electrons. The van der Waals surface area contributed by atoms with Crippen molar-refractivity contribution in [3.63, 3.8) is 0 Å². The molecule has 1 aromatic heterocycles. The standard InChI is InChI=1S/C23H25N3O3S/c1-2-16-9-11-17(12-10-16)24-21(27)15-30-23-25-20-8-4-3-7-19(20)22(28)26(23)14-18-6-5-13-29-18/h3-4,7-12,18H,2,5-6,13-15H2,1H3,(H,24,27). The number of thioether (sulfide) groups is 1. The number of rotatable bonds is 7. The molecule has 1 saturated heterocycles. The predicted octanol–water partition coefficient (Wildman–Crippen LogP) is 3.87. The molecule has 0 spiro atoms. The van der Waals surface area contributed by atoms with Gasteiger partial charge in [0, 0.05) is 12.3 Å². The van der Waals surface area contributed by atoms with E-state index in [4.69, 9.17) is 4.74 Å². The van der Waals surface area contributed by atoms with E-state index in [0.717, 1.165) is 31.6 Å². The molecule has 1 unspecified atom stereocenters. The number of anilines is 1. The molecule has 6 nitrogen and oxygen atoms in total. The van der Waals surface area contributed by atoms with Gasteiger partial charge in [-0.25, -0.2) is 4.98 Å². The fourth-order valence-electron chi connectivity index (χ4n) is 3.56. The van der Waals surface area contributed by atoms with Gasteiger partial charge in [-0.3, -0.25) is 14.2 Å². The van der Waals surface area contributed by atoms with Gasteiger partial charge in [0.05, 0.1) is 29.3 Å². The molecule has 1 aliphatic rings. The fourth-order valence-corrected chi connectivity index (χ4v) is 4.37. The van der Waals surface area contributed by atoms with Crippen LogP contribution < -0.4 is 10.9 Å². The van der Waals surface area contributed by atoms with E-state index in [1.165, 1.54) is 17.3 Å². The van der Waals surface area contributed by atoms with Crippen LogP contribution in [-0.2, 0) is 22.5 Å². The number of fused-ring (bicyclic) bond motifs is 1. The molecule has 1 amide bonds. The number of aryl methyl sites for hydroxylation is 1. The Hall–Kier alpha value is -2.64. The Morgan fingerprint density at radius 3 is 2.77 bits per heavy atom. The van der Waals surface area contributed by atoms with Crippen LogP contribution in [0.25, 0.3) is 10.9 Å². The second-order valence-electron chi connectivity index (χ2n) is 7.35. The van der Waals surface area contributed by atoms with Gasteiger partial charge in [-0.2, -0.15) is 0 Å². The first kappa shape index (κ1) is 20.6. The normalized spacial score (nSPS) is 16.1. The van der Waals surface area contributed by atoms with Crippen LogP contribution in [0.4, 0.5) is 5.69 Å². The maximum Gasteiger partial charge on any atom is 0.262 e. The van der Waals surface area contributed by atoms with Crippen LogP contribution in [0.5, 0.6) is 0 Å². The maximum absolute atomic E-state index is 13.1. The van der Waals surface area contributed by atoms with Gasteiger partial charge in [-0.1, -0.05) is 43.0 Å². The SMILES string of the molecule is CCc1ccc(NC(=O)CSc2nc3ccccc3c(=O)n2CC2CCCO2)cc1. The van der Waals surface area contributed by atoms with E-state index in [1.54, 1.807) is 10.6 Å². The van der Waals surface area contributed by atoms with Gasteiger partial charge in [0.25, 0.3) is 5.56 Å². The van der Waals surface area contributed by atoms with Crippen LogP contribution in [-0.4, -0.2) is 33.9 Å². The van der Waals surface area contributed by atoms with Crippen LogP contribution in [0.15, 0.2) is 58.5 Å². The second kappa shape index (κ2) is 9.45. The largest absolute Gasteiger partial charge is 0.376 e. The van der Waals surface area contributed by atoms with Crippen molar-refractivity contribution in [3.05, 3.63) is 64.4 Å². The zero-order valence-electron chi connectivity index (χ0n) is 17.0. The van der Waals surface area contributed by atoms with Crippen molar-refractivity contribution in [1.82, 2.24) is 9.55 Å². The zero-order chi connectivity index (χ0) is 20.9. The number of aromatic nitrogens is 2. The molecular weight excluding hydrogens is 398 g/mol. The number of nitrogens with one attached hydrogen (secondary N) is 1. The Morgan fingerprint density at radius 1 is 1.23 bits per heavy atom. The fraction of sp³-hybridized carbons (Fsp3) is 0.348. The highest BCUT2D eigenvalue weighted by Crippen LogP contribution is 2.21. The van der Waals surface area contributed by atoms with Gasteiger partial charge >= 0.3 is 0 Å². The summed E-state index contributed by atoms with van der Waals surface area (Å²) in [5.74, 6) is 0.0431. The lowest BCUT2D eigenvalue weighted by molar-refractivity contribution is -0.113. The molecule has 4 rings (SSSR count). The van der Waals surface area contributed by atoms with Crippen molar-refractivity contribution in [1.29, 1.82) is 0 Å². The molecule has 1 atom stereocenters. The zero-order valence-corrected chi connectivity index (χ0v) is 17.8. The number of ether oxygens (including phenoxy) is 1. The van der Waals surface area contributed by atoms with Gasteiger partial charge < -0.3 is 10.1 Å². The van der Waals surface area contributed by atoms with E-state index in [9.17, 15) is 9.59 Å². The number of hydrogen-bond acceptors (Lipinski definition) is 5. The van der Waals surface area contributed by atoms with E-state index in [0.29, 0.717) is 22.6 Å². The van der Waals surface area contributed by atoms with Gasteiger partial charge in [-0.15, -0.1) is 0 Å². The van der Waals surface area contributed by atoms with Gasteiger partial charge in [-0.05, 0) is 49.1 Å². The van der Waals surface area contributed by atoms with Crippen molar-refractivity contribution >= 4 is 34.3 Å². The Morgan fingerprint density at radius 2 is 2.03 bits per heavy atom. The smallest absolute Gasteiger partial charge is 0.262 e. The third-order valence-corrected chi connectivity index (χ3v) is 6.19. The minimum atomic E-state index is -0.129.